The van der Waals surface area contributed by atoms with Crippen LogP contribution in [0.4, 0.5) is 5.69 Å². The molecule has 0 atom stereocenters. The Morgan fingerprint density at radius 3 is 2.52 bits per heavy atom. The molecular weight excluding hydrogens is 268 g/mol. The molecule has 1 aromatic carbocycles. The van der Waals surface area contributed by atoms with E-state index < -0.39 is 0 Å². The van der Waals surface area contributed by atoms with Gasteiger partial charge in [0.25, 0.3) is 0 Å². The summed E-state index contributed by atoms with van der Waals surface area (Å²) in [7, 11) is 0. The van der Waals surface area contributed by atoms with Gasteiger partial charge in [-0.3, -0.25) is 4.79 Å². The summed E-state index contributed by atoms with van der Waals surface area (Å²) in [5, 5.41) is 6.17. The van der Waals surface area contributed by atoms with Gasteiger partial charge in [-0.25, -0.2) is 4.79 Å². The molecule has 0 radical (unpaired) electrons. The number of benzene rings is 1. The minimum absolute atomic E-state index is 0.0331. The Morgan fingerprint density at radius 1 is 1.24 bits per heavy atom. The van der Waals surface area contributed by atoms with Crippen LogP contribution in [0.3, 0.4) is 0 Å². The number of amides is 1. The molecule has 1 heterocycles. The Bertz CT molecular complexity index is 479. The van der Waals surface area contributed by atoms with Gasteiger partial charge in [-0.05, 0) is 63.0 Å². The molecule has 1 aliphatic heterocycles. The van der Waals surface area contributed by atoms with Crippen LogP contribution in [0.15, 0.2) is 24.3 Å². The van der Waals surface area contributed by atoms with Gasteiger partial charge in [0, 0.05) is 12.1 Å². The molecule has 1 saturated heterocycles. The average molecular weight is 290 g/mol. The molecule has 1 aliphatic rings. The van der Waals surface area contributed by atoms with Crippen molar-refractivity contribution in [3.05, 3.63) is 29.8 Å². The number of rotatable bonds is 5. The molecule has 0 aliphatic carbocycles. The van der Waals surface area contributed by atoms with E-state index in [1.165, 1.54) is 0 Å². The summed E-state index contributed by atoms with van der Waals surface area (Å²) in [6.07, 6.45) is 2.66. The first kappa shape index (κ1) is 15.5. The molecular formula is C16H22N2O3. The van der Waals surface area contributed by atoms with Crippen molar-refractivity contribution in [2.24, 2.45) is 5.92 Å². The van der Waals surface area contributed by atoms with Crippen LogP contribution in [0, 0.1) is 5.92 Å². The highest BCUT2D eigenvalue weighted by atomic mass is 16.5. The number of piperidine rings is 1. The molecule has 0 saturated carbocycles. The molecule has 114 valence electrons. The Morgan fingerprint density at radius 2 is 1.90 bits per heavy atom. The highest BCUT2D eigenvalue weighted by Crippen LogP contribution is 2.17. The van der Waals surface area contributed by atoms with E-state index in [4.69, 9.17) is 4.74 Å². The minimum Gasteiger partial charge on any atom is -0.462 e. The largest absolute Gasteiger partial charge is 0.462 e. The van der Waals surface area contributed by atoms with E-state index in [-0.39, 0.29) is 11.9 Å². The summed E-state index contributed by atoms with van der Waals surface area (Å²) < 4.78 is 4.92. The zero-order valence-corrected chi connectivity index (χ0v) is 12.4. The third-order valence-electron chi connectivity index (χ3n) is 3.61. The van der Waals surface area contributed by atoms with Crippen molar-refractivity contribution in [1.82, 2.24) is 5.32 Å². The van der Waals surface area contributed by atoms with Crippen LogP contribution in [0.25, 0.3) is 0 Å². The quantitative estimate of drug-likeness (QED) is 0.816. The van der Waals surface area contributed by atoms with Crippen molar-refractivity contribution >= 4 is 17.6 Å². The SMILES string of the molecule is CCOC(=O)c1ccc(NC(=O)CC2CCNCC2)cc1. The van der Waals surface area contributed by atoms with Crippen molar-refractivity contribution in [2.75, 3.05) is 25.0 Å². The summed E-state index contributed by atoms with van der Waals surface area (Å²) >= 11 is 0. The predicted molar refractivity (Wildman–Crippen MR) is 81.2 cm³/mol. The van der Waals surface area contributed by atoms with Gasteiger partial charge >= 0.3 is 5.97 Å². The van der Waals surface area contributed by atoms with E-state index in [9.17, 15) is 9.59 Å². The van der Waals surface area contributed by atoms with E-state index in [1.54, 1.807) is 31.2 Å². The fourth-order valence-corrected chi connectivity index (χ4v) is 2.46. The zero-order chi connectivity index (χ0) is 15.1. The second-order valence-electron chi connectivity index (χ2n) is 5.24. The summed E-state index contributed by atoms with van der Waals surface area (Å²) in [4.78, 5) is 23.5. The molecule has 1 aromatic rings. The monoisotopic (exact) mass is 290 g/mol. The van der Waals surface area contributed by atoms with Gasteiger partial charge in [-0.2, -0.15) is 0 Å². The van der Waals surface area contributed by atoms with E-state index in [0.29, 0.717) is 30.2 Å². The van der Waals surface area contributed by atoms with E-state index in [1.807, 2.05) is 0 Å². The number of hydrogen-bond acceptors (Lipinski definition) is 4. The summed E-state index contributed by atoms with van der Waals surface area (Å²) in [5.74, 6) is 0.154. The lowest BCUT2D eigenvalue weighted by molar-refractivity contribution is -0.117. The summed E-state index contributed by atoms with van der Waals surface area (Å²) in [6.45, 7) is 4.11. The number of ether oxygens (including phenoxy) is 1. The molecule has 2 rings (SSSR count). The number of carbonyl (C=O) groups excluding carboxylic acids is 2. The molecule has 0 bridgehead atoms. The molecule has 0 spiro atoms. The van der Waals surface area contributed by atoms with Gasteiger partial charge in [-0.1, -0.05) is 0 Å². The van der Waals surface area contributed by atoms with Crippen LogP contribution in [0.1, 0.15) is 36.5 Å². The fourth-order valence-electron chi connectivity index (χ4n) is 2.46. The Kier molecular flexibility index (Phi) is 5.75. The van der Waals surface area contributed by atoms with Gasteiger partial charge in [0.2, 0.25) is 5.91 Å². The third kappa shape index (κ3) is 4.86. The van der Waals surface area contributed by atoms with Crippen molar-refractivity contribution < 1.29 is 14.3 Å². The molecule has 1 amide bonds. The van der Waals surface area contributed by atoms with Crippen molar-refractivity contribution in [3.8, 4) is 0 Å². The lowest BCUT2D eigenvalue weighted by Gasteiger charge is -2.21. The van der Waals surface area contributed by atoms with Crippen LogP contribution in [0.5, 0.6) is 0 Å². The number of nitrogens with one attached hydrogen (secondary N) is 2. The molecule has 21 heavy (non-hydrogen) atoms. The van der Waals surface area contributed by atoms with E-state index in [0.717, 1.165) is 25.9 Å². The summed E-state index contributed by atoms with van der Waals surface area (Å²) in [6, 6.07) is 6.79. The maximum atomic E-state index is 12.0. The highest BCUT2D eigenvalue weighted by molar-refractivity contribution is 5.93. The second-order valence-corrected chi connectivity index (χ2v) is 5.24. The van der Waals surface area contributed by atoms with Crippen LogP contribution in [-0.2, 0) is 9.53 Å². The Labute approximate surface area is 125 Å². The fraction of sp³-hybridized carbons (Fsp3) is 0.500. The smallest absolute Gasteiger partial charge is 0.338 e. The standard InChI is InChI=1S/C16H22N2O3/c1-2-21-16(20)13-3-5-14(6-4-13)18-15(19)11-12-7-9-17-10-8-12/h3-6,12,17H,2,7-11H2,1H3,(H,18,19). The van der Waals surface area contributed by atoms with Gasteiger partial charge in [-0.15, -0.1) is 0 Å². The van der Waals surface area contributed by atoms with Crippen LogP contribution < -0.4 is 10.6 Å². The molecule has 1 fully saturated rings. The second kappa shape index (κ2) is 7.78. The van der Waals surface area contributed by atoms with Gasteiger partial charge in [0.05, 0.1) is 12.2 Å². The number of anilines is 1. The first-order chi connectivity index (χ1) is 10.2. The molecule has 0 aromatic heterocycles. The summed E-state index contributed by atoms with van der Waals surface area (Å²) in [5.41, 5.74) is 1.20. The molecule has 5 nitrogen and oxygen atoms in total. The van der Waals surface area contributed by atoms with Gasteiger partial charge in [0.15, 0.2) is 0 Å². The number of esters is 1. The zero-order valence-electron chi connectivity index (χ0n) is 12.4. The highest BCUT2D eigenvalue weighted by Gasteiger charge is 2.16. The Balaban J connectivity index is 1.84. The maximum absolute atomic E-state index is 12.0. The van der Waals surface area contributed by atoms with Gasteiger partial charge in [0.1, 0.15) is 0 Å². The third-order valence-corrected chi connectivity index (χ3v) is 3.61. The van der Waals surface area contributed by atoms with Crippen molar-refractivity contribution in [2.45, 2.75) is 26.2 Å². The lowest BCUT2D eigenvalue weighted by Crippen LogP contribution is -2.30. The number of hydrogen-bond donors (Lipinski definition) is 2. The molecule has 5 heteroatoms. The first-order valence-electron chi connectivity index (χ1n) is 7.46. The number of carbonyl (C=O) groups is 2. The van der Waals surface area contributed by atoms with E-state index in [2.05, 4.69) is 10.6 Å². The first-order valence-corrected chi connectivity index (χ1v) is 7.46. The lowest BCUT2D eigenvalue weighted by atomic mass is 9.94. The normalized spacial score (nSPS) is 15.5. The Hall–Kier alpha value is -1.88. The van der Waals surface area contributed by atoms with Crippen LogP contribution >= 0.6 is 0 Å². The van der Waals surface area contributed by atoms with Crippen molar-refractivity contribution in [3.63, 3.8) is 0 Å². The predicted octanol–water partition coefficient (Wildman–Crippen LogP) is 2.19. The maximum Gasteiger partial charge on any atom is 0.338 e. The van der Waals surface area contributed by atoms with Crippen LogP contribution in [-0.4, -0.2) is 31.6 Å². The molecule has 2 N–H and O–H groups in total. The average Bonchev–Trinajstić information content (AvgIpc) is 2.49. The topological polar surface area (TPSA) is 67.4 Å². The van der Waals surface area contributed by atoms with E-state index >= 15 is 0 Å². The molecule has 0 unspecified atom stereocenters. The van der Waals surface area contributed by atoms with Gasteiger partial charge < -0.3 is 15.4 Å². The van der Waals surface area contributed by atoms with Crippen LogP contribution in [0.2, 0.25) is 0 Å². The minimum atomic E-state index is -0.343. The van der Waals surface area contributed by atoms with Crippen molar-refractivity contribution in [1.29, 1.82) is 0 Å².